The standard InChI is InChI=1S/C36H50N6O9/c1-35(2,3)50-32(46)39-20-12-11-19-38-31(45)41-30(42-34(48)51-36(4,5)6)37-21-13-18-28(29(43)44)40-33(47)49-22-27-25-16-9-7-14-23(25)24-15-8-10-17-26(24)27/h7-10,14-17,27-28H,11-13,18-22H2,1-6H3,(H,39,46)(H,40,47)(H,43,44)(H3,37,38,41,42,45,48)/t28-/m0/s1. The molecule has 0 fully saturated rings. The number of hydrogen-bond acceptors (Lipinski definition) is 9. The molecule has 1 aliphatic rings. The average Bonchev–Trinajstić information content (AvgIpc) is 3.34. The number of carbonyl (C=O) groups is 5. The van der Waals surface area contributed by atoms with Gasteiger partial charge in [0.2, 0.25) is 5.96 Å². The van der Waals surface area contributed by atoms with E-state index in [0.29, 0.717) is 19.4 Å². The first-order valence-corrected chi connectivity index (χ1v) is 16.9. The Balaban J connectivity index is 1.48. The maximum atomic E-state index is 12.7. The number of urea groups is 1. The van der Waals surface area contributed by atoms with Crippen LogP contribution in [0.2, 0.25) is 0 Å². The van der Waals surface area contributed by atoms with Crippen LogP contribution < -0.4 is 26.6 Å². The molecule has 15 nitrogen and oxygen atoms in total. The van der Waals surface area contributed by atoms with Gasteiger partial charge in [0.15, 0.2) is 0 Å². The second-order valence-corrected chi connectivity index (χ2v) is 13.9. The fraction of sp³-hybridized carbons (Fsp3) is 0.500. The number of fused-ring (bicyclic) bond motifs is 3. The van der Waals surface area contributed by atoms with E-state index < -0.39 is 47.5 Å². The van der Waals surface area contributed by atoms with Gasteiger partial charge in [-0.25, -0.2) is 24.0 Å². The Morgan fingerprint density at radius 1 is 0.745 bits per heavy atom. The molecule has 2 aromatic rings. The van der Waals surface area contributed by atoms with Crippen LogP contribution in [0, 0.1) is 0 Å². The third kappa shape index (κ3) is 14.2. The van der Waals surface area contributed by atoms with Crippen LogP contribution >= 0.6 is 0 Å². The van der Waals surface area contributed by atoms with Gasteiger partial charge in [0, 0.05) is 25.6 Å². The zero-order chi connectivity index (χ0) is 37.6. The summed E-state index contributed by atoms with van der Waals surface area (Å²) in [7, 11) is 0. The van der Waals surface area contributed by atoms with Gasteiger partial charge in [0.25, 0.3) is 0 Å². The largest absolute Gasteiger partial charge is 0.480 e. The zero-order valence-electron chi connectivity index (χ0n) is 30.1. The summed E-state index contributed by atoms with van der Waals surface area (Å²) in [5.41, 5.74) is 2.79. The SMILES string of the molecule is CC(C)(C)OC(=O)NCCCCNC(=O)NC(=NCCC[C@H](NC(=O)OCC1c2ccccc2-c2ccccc21)C(=O)O)NC(=O)OC(C)(C)C. The summed E-state index contributed by atoms with van der Waals surface area (Å²) >= 11 is 0. The van der Waals surface area contributed by atoms with Crippen molar-refractivity contribution in [2.45, 2.75) is 90.4 Å². The predicted octanol–water partition coefficient (Wildman–Crippen LogP) is 5.24. The monoisotopic (exact) mass is 710 g/mol. The number of aliphatic imine (C=N–C) groups is 1. The van der Waals surface area contributed by atoms with Crippen molar-refractivity contribution in [3.63, 3.8) is 0 Å². The lowest BCUT2D eigenvalue weighted by Gasteiger charge is -2.20. The Labute approximate surface area is 298 Å². The van der Waals surface area contributed by atoms with Gasteiger partial charge in [-0.1, -0.05) is 48.5 Å². The van der Waals surface area contributed by atoms with Gasteiger partial charge < -0.3 is 35.3 Å². The van der Waals surface area contributed by atoms with Crippen molar-refractivity contribution >= 4 is 36.2 Å². The van der Waals surface area contributed by atoms with Crippen LogP contribution in [0.5, 0.6) is 0 Å². The van der Waals surface area contributed by atoms with E-state index in [-0.39, 0.29) is 44.4 Å². The Bertz CT molecular complexity index is 1520. The quantitative estimate of drug-likeness (QED) is 0.0695. The number of benzene rings is 2. The summed E-state index contributed by atoms with van der Waals surface area (Å²) < 4.78 is 15.9. The lowest BCUT2D eigenvalue weighted by atomic mass is 9.98. The van der Waals surface area contributed by atoms with Crippen molar-refractivity contribution in [2.24, 2.45) is 4.99 Å². The molecule has 2 aromatic carbocycles. The zero-order valence-corrected chi connectivity index (χ0v) is 30.1. The molecule has 0 heterocycles. The van der Waals surface area contributed by atoms with Crippen LogP contribution in [0.25, 0.3) is 11.1 Å². The Kier molecular flexibility index (Phi) is 14.6. The molecule has 1 aliphatic carbocycles. The molecular weight excluding hydrogens is 660 g/mol. The van der Waals surface area contributed by atoms with Gasteiger partial charge in [0.1, 0.15) is 23.9 Å². The second-order valence-electron chi connectivity index (χ2n) is 13.9. The number of nitrogens with one attached hydrogen (secondary N) is 5. The van der Waals surface area contributed by atoms with Crippen LogP contribution in [-0.2, 0) is 19.0 Å². The molecule has 5 amide bonds. The predicted molar refractivity (Wildman–Crippen MR) is 191 cm³/mol. The highest BCUT2D eigenvalue weighted by atomic mass is 16.6. The molecule has 278 valence electrons. The average molecular weight is 711 g/mol. The minimum Gasteiger partial charge on any atom is -0.480 e. The number of hydrogen-bond donors (Lipinski definition) is 6. The lowest BCUT2D eigenvalue weighted by molar-refractivity contribution is -0.139. The van der Waals surface area contributed by atoms with Gasteiger partial charge in [-0.2, -0.15) is 0 Å². The van der Waals surface area contributed by atoms with Crippen molar-refractivity contribution in [3.05, 3.63) is 59.7 Å². The van der Waals surface area contributed by atoms with Crippen molar-refractivity contribution < 1.29 is 43.3 Å². The maximum Gasteiger partial charge on any atom is 0.414 e. The molecule has 0 unspecified atom stereocenters. The molecule has 0 bridgehead atoms. The van der Waals surface area contributed by atoms with E-state index in [4.69, 9.17) is 14.2 Å². The fourth-order valence-electron chi connectivity index (χ4n) is 5.14. The van der Waals surface area contributed by atoms with Crippen LogP contribution in [0.3, 0.4) is 0 Å². The van der Waals surface area contributed by atoms with E-state index in [0.717, 1.165) is 22.3 Å². The smallest absolute Gasteiger partial charge is 0.414 e. The minimum absolute atomic E-state index is 0.00209. The summed E-state index contributed by atoms with van der Waals surface area (Å²) in [6.45, 7) is 11.0. The number of guanidine groups is 1. The van der Waals surface area contributed by atoms with Crippen molar-refractivity contribution in [3.8, 4) is 11.1 Å². The summed E-state index contributed by atoms with van der Waals surface area (Å²) in [6, 6.07) is 13.9. The summed E-state index contributed by atoms with van der Waals surface area (Å²) in [4.78, 5) is 65.5. The van der Waals surface area contributed by atoms with Crippen LogP contribution in [0.1, 0.15) is 84.3 Å². The first-order valence-electron chi connectivity index (χ1n) is 16.9. The number of carboxylic acid groups (broad SMARTS) is 1. The molecule has 15 heteroatoms. The molecule has 0 radical (unpaired) electrons. The molecule has 0 saturated carbocycles. The van der Waals surface area contributed by atoms with Crippen molar-refractivity contribution in [1.29, 1.82) is 0 Å². The Morgan fingerprint density at radius 2 is 1.29 bits per heavy atom. The van der Waals surface area contributed by atoms with E-state index >= 15 is 0 Å². The maximum absolute atomic E-state index is 12.7. The topological polar surface area (TPSA) is 206 Å². The van der Waals surface area contributed by atoms with E-state index in [1.165, 1.54) is 0 Å². The highest BCUT2D eigenvalue weighted by Gasteiger charge is 2.30. The number of carboxylic acids is 1. The van der Waals surface area contributed by atoms with Crippen molar-refractivity contribution in [2.75, 3.05) is 26.2 Å². The van der Waals surface area contributed by atoms with E-state index in [9.17, 15) is 29.1 Å². The number of carbonyl (C=O) groups excluding carboxylic acids is 4. The third-order valence-electron chi connectivity index (χ3n) is 7.26. The summed E-state index contributed by atoms with van der Waals surface area (Å²) in [5, 5.41) is 22.3. The van der Waals surface area contributed by atoms with Gasteiger partial charge >= 0.3 is 30.3 Å². The molecule has 0 saturated heterocycles. The summed E-state index contributed by atoms with van der Waals surface area (Å²) in [6.07, 6.45) is -0.951. The number of aliphatic carboxylic acids is 1. The number of unbranched alkanes of at least 4 members (excludes halogenated alkanes) is 1. The Morgan fingerprint density at radius 3 is 1.86 bits per heavy atom. The number of rotatable bonds is 13. The minimum atomic E-state index is -1.26. The Hall–Kier alpha value is -5.34. The molecule has 0 aromatic heterocycles. The number of ether oxygens (including phenoxy) is 3. The van der Waals surface area contributed by atoms with Crippen LogP contribution in [0.15, 0.2) is 53.5 Å². The van der Waals surface area contributed by atoms with Gasteiger partial charge in [-0.15, -0.1) is 0 Å². The molecule has 3 rings (SSSR count). The van der Waals surface area contributed by atoms with Crippen LogP contribution in [-0.4, -0.2) is 84.8 Å². The summed E-state index contributed by atoms with van der Waals surface area (Å²) in [5.74, 6) is -1.63. The third-order valence-corrected chi connectivity index (χ3v) is 7.26. The van der Waals surface area contributed by atoms with E-state index in [1.807, 2.05) is 48.5 Å². The molecule has 0 spiro atoms. The molecule has 51 heavy (non-hydrogen) atoms. The molecular formula is C36H50N6O9. The molecule has 0 aliphatic heterocycles. The van der Waals surface area contributed by atoms with Crippen molar-refractivity contribution in [1.82, 2.24) is 26.6 Å². The fourth-order valence-corrected chi connectivity index (χ4v) is 5.14. The molecule has 1 atom stereocenters. The number of alkyl carbamates (subject to hydrolysis) is 3. The highest BCUT2D eigenvalue weighted by molar-refractivity contribution is 6.02. The first-order chi connectivity index (χ1) is 24.0. The normalized spacial score (nSPS) is 13.2. The lowest BCUT2D eigenvalue weighted by Crippen LogP contribution is -2.49. The van der Waals surface area contributed by atoms with Gasteiger partial charge in [-0.05, 0) is 89.5 Å². The van der Waals surface area contributed by atoms with Gasteiger partial charge in [-0.3, -0.25) is 15.6 Å². The van der Waals surface area contributed by atoms with Crippen LogP contribution in [0.4, 0.5) is 19.2 Å². The first kappa shape index (κ1) is 40.1. The molecule has 6 N–H and O–H groups in total. The number of nitrogens with zero attached hydrogens (tertiary/aromatic N) is 1. The number of amides is 5. The highest BCUT2D eigenvalue weighted by Crippen LogP contribution is 2.44. The van der Waals surface area contributed by atoms with E-state index in [2.05, 4.69) is 31.6 Å². The van der Waals surface area contributed by atoms with E-state index in [1.54, 1.807) is 41.5 Å². The second kappa shape index (κ2) is 18.6. The van der Waals surface area contributed by atoms with Gasteiger partial charge in [0.05, 0.1) is 0 Å².